The highest BCUT2D eigenvalue weighted by Crippen LogP contribution is 2.12. The Morgan fingerprint density at radius 3 is 3.18 bits per heavy atom. The van der Waals surface area contributed by atoms with Crippen LogP contribution in [-0.2, 0) is 11.3 Å². The number of hydrogen-bond acceptors (Lipinski definition) is 4. The molecule has 0 bridgehead atoms. The van der Waals surface area contributed by atoms with Gasteiger partial charge in [0.1, 0.15) is 11.4 Å². The highest BCUT2D eigenvalue weighted by Gasteiger charge is 2.07. The molecule has 2 aromatic rings. The van der Waals surface area contributed by atoms with Crippen molar-refractivity contribution in [3.63, 3.8) is 0 Å². The van der Waals surface area contributed by atoms with E-state index in [9.17, 15) is 9.59 Å². The fraction of sp³-hybridized carbons (Fsp3) is 0.364. The normalized spacial score (nSPS) is 10.6. The van der Waals surface area contributed by atoms with Crippen molar-refractivity contribution in [3.8, 4) is 0 Å². The maximum absolute atomic E-state index is 11.9. The van der Waals surface area contributed by atoms with Gasteiger partial charge in [-0.3, -0.25) is 14.2 Å². The van der Waals surface area contributed by atoms with E-state index in [0.717, 1.165) is 6.42 Å². The molecule has 0 aromatic carbocycles. The lowest BCUT2D eigenvalue weighted by Gasteiger charge is -2.05. The zero-order valence-electron chi connectivity index (χ0n) is 9.47. The van der Waals surface area contributed by atoms with Gasteiger partial charge in [0.15, 0.2) is 0 Å². The summed E-state index contributed by atoms with van der Waals surface area (Å²) in [5.41, 5.74) is -0.164. The molecule has 0 atom stereocenters. The molecule has 1 amide bonds. The van der Waals surface area contributed by atoms with E-state index in [2.05, 4.69) is 10.3 Å². The zero-order chi connectivity index (χ0) is 12.3. The van der Waals surface area contributed by atoms with Crippen LogP contribution in [0.15, 0.2) is 22.6 Å². The van der Waals surface area contributed by atoms with Gasteiger partial charge in [-0.2, -0.15) is 0 Å². The molecule has 6 heteroatoms. The molecule has 0 saturated carbocycles. The summed E-state index contributed by atoms with van der Waals surface area (Å²) in [5.74, 6) is -0.162. The summed E-state index contributed by atoms with van der Waals surface area (Å²) in [6.45, 7) is 2.63. The van der Waals surface area contributed by atoms with Gasteiger partial charge in [-0.05, 0) is 17.9 Å². The molecule has 90 valence electrons. The first-order chi connectivity index (χ1) is 8.22. The number of rotatable bonds is 4. The van der Waals surface area contributed by atoms with Crippen LogP contribution in [-0.4, -0.2) is 22.0 Å². The predicted octanol–water partition coefficient (Wildman–Crippen LogP) is 0.984. The van der Waals surface area contributed by atoms with Crippen molar-refractivity contribution in [3.05, 3.63) is 28.1 Å². The van der Waals surface area contributed by atoms with Gasteiger partial charge in [-0.25, -0.2) is 4.98 Å². The third-order valence-electron chi connectivity index (χ3n) is 2.34. The van der Waals surface area contributed by atoms with E-state index in [4.69, 9.17) is 0 Å². The molecule has 2 rings (SSSR count). The van der Waals surface area contributed by atoms with Crippen molar-refractivity contribution in [2.24, 2.45) is 0 Å². The molecular weight excluding hydrogens is 238 g/mol. The van der Waals surface area contributed by atoms with Crippen molar-refractivity contribution in [1.29, 1.82) is 0 Å². The maximum Gasteiger partial charge on any atom is 0.262 e. The molecule has 0 spiro atoms. The van der Waals surface area contributed by atoms with Gasteiger partial charge >= 0.3 is 0 Å². The molecule has 1 N–H and O–H groups in total. The summed E-state index contributed by atoms with van der Waals surface area (Å²) < 4.78 is 1.33. The Balaban J connectivity index is 2.21. The summed E-state index contributed by atoms with van der Waals surface area (Å²) in [4.78, 5) is 28.3. The smallest absolute Gasteiger partial charge is 0.262 e. The van der Waals surface area contributed by atoms with Crippen LogP contribution in [0.3, 0.4) is 0 Å². The molecule has 0 aliphatic carbocycles. The van der Waals surface area contributed by atoms with Crippen molar-refractivity contribution in [2.45, 2.75) is 19.9 Å². The van der Waals surface area contributed by atoms with Gasteiger partial charge in [0.05, 0.1) is 11.7 Å². The third-order valence-corrected chi connectivity index (χ3v) is 3.16. The Kier molecular flexibility index (Phi) is 3.53. The number of amides is 1. The van der Waals surface area contributed by atoms with Crippen LogP contribution in [0.4, 0.5) is 0 Å². The lowest BCUT2D eigenvalue weighted by molar-refractivity contribution is -0.121. The van der Waals surface area contributed by atoms with E-state index >= 15 is 0 Å². The topological polar surface area (TPSA) is 64.0 Å². The van der Waals surface area contributed by atoms with E-state index in [0.29, 0.717) is 16.8 Å². The highest BCUT2D eigenvalue weighted by atomic mass is 32.1. The van der Waals surface area contributed by atoms with E-state index in [-0.39, 0.29) is 18.0 Å². The standard InChI is InChI=1S/C11H13N3O2S/c1-2-4-12-9(15)6-14-7-13-10-8(11(14)16)3-5-17-10/h3,5,7H,2,4,6H2,1H3,(H,12,15). The summed E-state index contributed by atoms with van der Waals surface area (Å²) in [6, 6.07) is 1.73. The average molecular weight is 251 g/mol. The van der Waals surface area contributed by atoms with Gasteiger partial charge in [0.2, 0.25) is 5.91 Å². The van der Waals surface area contributed by atoms with Gasteiger partial charge in [0.25, 0.3) is 5.56 Å². The van der Waals surface area contributed by atoms with Crippen molar-refractivity contribution in [1.82, 2.24) is 14.9 Å². The van der Waals surface area contributed by atoms with Crippen LogP contribution in [0.5, 0.6) is 0 Å². The Bertz CT molecular complexity index is 588. The second-order valence-electron chi connectivity index (χ2n) is 3.67. The van der Waals surface area contributed by atoms with E-state index < -0.39 is 0 Å². The SMILES string of the molecule is CCCNC(=O)Cn1cnc2sccc2c1=O. The molecule has 0 unspecified atom stereocenters. The molecule has 0 aliphatic heterocycles. The molecule has 0 aliphatic rings. The van der Waals surface area contributed by atoms with Crippen molar-refractivity contribution >= 4 is 27.5 Å². The highest BCUT2D eigenvalue weighted by molar-refractivity contribution is 7.16. The summed E-state index contributed by atoms with van der Waals surface area (Å²) in [5, 5.41) is 5.12. The molecule has 0 radical (unpaired) electrons. The number of carbonyl (C=O) groups excluding carboxylic acids is 1. The number of fused-ring (bicyclic) bond motifs is 1. The Hall–Kier alpha value is -1.69. The van der Waals surface area contributed by atoms with Crippen molar-refractivity contribution < 1.29 is 4.79 Å². The summed E-state index contributed by atoms with van der Waals surface area (Å²) in [7, 11) is 0. The van der Waals surface area contributed by atoms with Gasteiger partial charge in [-0.15, -0.1) is 11.3 Å². The quantitative estimate of drug-likeness (QED) is 0.881. The minimum atomic E-state index is -0.164. The van der Waals surface area contributed by atoms with Crippen LogP contribution in [0.2, 0.25) is 0 Å². The summed E-state index contributed by atoms with van der Waals surface area (Å²) >= 11 is 1.42. The van der Waals surface area contributed by atoms with Crippen LogP contribution in [0, 0.1) is 0 Å². The lowest BCUT2D eigenvalue weighted by atomic mass is 10.4. The maximum atomic E-state index is 11.9. The lowest BCUT2D eigenvalue weighted by Crippen LogP contribution is -2.32. The Morgan fingerprint density at radius 1 is 1.59 bits per heavy atom. The molecule has 2 aromatic heterocycles. The Morgan fingerprint density at radius 2 is 2.41 bits per heavy atom. The second-order valence-corrected chi connectivity index (χ2v) is 4.56. The molecule has 0 saturated heterocycles. The minimum absolute atomic E-state index is 0.0254. The zero-order valence-corrected chi connectivity index (χ0v) is 10.3. The third kappa shape index (κ3) is 2.52. The molecule has 2 heterocycles. The number of nitrogens with zero attached hydrogens (tertiary/aromatic N) is 2. The first kappa shape index (κ1) is 11.8. The first-order valence-electron chi connectivity index (χ1n) is 5.41. The van der Waals surface area contributed by atoms with Crippen molar-refractivity contribution in [2.75, 3.05) is 6.54 Å². The van der Waals surface area contributed by atoms with E-state index in [1.807, 2.05) is 12.3 Å². The summed E-state index contributed by atoms with van der Waals surface area (Å²) in [6.07, 6.45) is 2.30. The molecule has 17 heavy (non-hydrogen) atoms. The van der Waals surface area contributed by atoms with E-state index in [1.54, 1.807) is 6.07 Å². The Labute approximate surface area is 102 Å². The fourth-order valence-electron chi connectivity index (χ4n) is 1.48. The average Bonchev–Trinajstić information content (AvgIpc) is 2.79. The van der Waals surface area contributed by atoms with E-state index in [1.165, 1.54) is 22.2 Å². The van der Waals surface area contributed by atoms with Gasteiger partial charge < -0.3 is 5.32 Å². The molecule has 0 fully saturated rings. The van der Waals surface area contributed by atoms with Crippen LogP contribution >= 0.6 is 11.3 Å². The minimum Gasteiger partial charge on any atom is -0.355 e. The van der Waals surface area contributed by atoms with Crippen LogP contribution < -0.4 is 10.9 Å². The molecule has 5 nitrogen and oxygen atoms in total. The molecular formula is C11H13N3O2S. The first-order valence-corrected chi connectivity index (χ1v) is 6.29. The number of carbonyl (C=O) groups is 1. The largest absolute Gasteiger partial charge is 0.355 e. The predicted molar refractivity (Wildman–Crippen MR) is 67.2 cm³/mol. The fourth-order valence-corrected chi connectivity index (χ4v) is 2.20. The number of aromatic nitrogens is 2. The van der Waals surface area contributed by atoms with Crippen LogP contribution in [0.25, 0.3) is 10.2 Å². The monoisotopic (exact) mass is 251 g/mol. The number of hydrogen-bond donors (Lipinski definition) is 1. The van der Waals surface area contributed by atoms with Gasteiger partial charge in [-0.1, -0.05) is 6.92 Å². The van der Waals surface area contributed by atoms with Gasteiger partial charge in [0, 0.05) is 6.54 Å². The number of thiophene rings is 1. The second kappa shape index (κ2) is 5.09. The number of nitrogens with one attached hydrogen (secondary N) is 1. The van der Waals surface area contributed by atoms with Crippen LogP contribution in [0.1, 0.15) is 13.3 Å².